The molecule has 0 radical (unpaired) electrons. The molecule has 1 heterocycles. The van der Waals surface area contributed by atoms with E-state index in [1.54, 1.807) is 15.8 Å². The molecule has 0 spiro atoms. The average molecular weight is 322 g/mol. The third kappa shape index (κ3) is 4.08. The Balaban J connectivity index is 2.10. The van der Waals surface area contributed by atoms with E-state index in [2.05, 4.69) is 5.10 Å². The lowest BCUT2D eigenvalue weighted by molar-refractivity contribution is -0.130. The summed E-state index contributed by atoms with van der Waals surface area (Å²) in [5.74, 6) is -0.326. The van der Waals surface area contributed by atoms with Crippen LogP contribution in [0, 0.1) is 6.92 Å². The van der Waals surface area contributed by atoms with Gasteiger partial charge < -0.3 is 10.0 Å². The summed E-state index contributed by atoms with van der Waals surface area (Å²) in [5, 5.41) is 14.4. The van der Waals surface area contributed by atoms with Crippen LogP contribution in [0.4, 0.5) is 0 Å². The molecule has 1 atom stereocenters. The van der Waals surface area contributed by atoms with Crippen LogP contribution in [0.1, 0.15) is 22.9 Å². The van der Waals surface area contributed by atoms with Gasteiger partial charge in [-0.05, 0) is 18.6 Å². The van der Waals surface area contributed by atoms with Crippen molar-refractivity contribution in [2.75, 3.05) is 12.4 Å². The number of hydrogen-bond acceptors (Lipinski definition) is 3. The maximum Gasteiger partial charge on any atom is 0.237 e. The van der Waals surface area contributed by atoms with E-state index in [9.17, 15) is 9.90 Å². The number of alkyl halides is 1. The molecule has 2 aromatic rings. The van der Waals surface area contributed by atoms with Gasteiger partial charge in [0.25, 0.3) is 0 Å². The van der Waals surface area contributed by atoms with Gasteiger partial charge in [0, 0.05) is 13.2 Å². The van der Waals surface area contributed by atoms with Gasteiger partial charge in [0.2, 0.25) is 5.91 Å². The first-order valence-electron chi connectivity index (χ1n) is 7.06. The number of rotatable bonds is 6. The highest BCUT2D eigenvalue weighted by atomic mass is 35.5. The molecule has 1 N–H and O–H groups in total. The molecule has 0 aliphatic heterocycles. The summed E-state index contributed by atoms with van der Waals surface area (Å²) in [6.45, 7) is 2.55. The number of benzene rings is 1. The number of carbonyl (C=O) groups excluding carboxylic acids is 1. The maximum atomic E-state index is 12.0. The van der Waals surface area contributed by atoms with Crippen LogP contribution >= 0.6 is 11.6 Å². The highest BCUT2D eigenvalue weighted by Crippen LogP contribution is 2.17. The van der Waals surface area contributed by atoms with Crippen molar-refractivity contribution >= 4 is 17.5 Å². The Bertz CT molecular complexity index is 625. The summed E-state index contributed by atoms with van der Waals surface area (Å²) in [7, 11) is 1.81. The zero-order valence-electron chi connectivity index (χ0n) is 12.7. The van der Waals surface area contributed by atoms with Gasteiger partial charge >= 0.3 is 0 Å². The lowest BCUT2D eigenvalue weighted by Gasteiger charge is -2.25. The normalized spacial score (nSPS) is 12.2. The fourth-order valence-corrected chi connectivity index (χ4v) is 2.36. The molecular formula is C16H20ClN3O2. The average Bonchev–Trinajstić information content (AvgIpc) is 2.91. The van der Waals surface area contributed by atoms with Crippen molar-refractivity contribution in [2.45, 2.75) is 19.6 Å². The first-order valence-corrected chi connectivity index (χ1v) is 7.60. The predicted octanol–water partition coefficient (Wildman–Crippen LogP) is 2.03. The third-order valence-corrected chi connectivity index (χ3v) is 3.83. The van der Waals surface area contributed by atoms with Gasteiger partial charge in [-0.1, -0.05) is 29.8 Å². The van der Waals surface area contributed by atoms with Gasteiger partial charge in [-0.3, -0.25) is 9.48 Å². The number of amides is 1. The molecule has 0 aliphatic carbocycles. The lowest BCUT2D eigenvalue weighted by Crippen LogP contribution is -2.35. The van der Waals surface area contributed by atoms with E-state index in [1.165, 1.54) is 0 Å². The second-order valence-corrected chi connectivity index (χ2v) is 5.55. The number of hydrogen-bond donors (Lipinski definition) is 1. The van der Waals surface area contributed by atoms with Crippen LogP contribution in [-0.4, -0.2) is 38.1 Å². The topological polar surface area (TPSA) is 58.4 Å². The second-order valence-electron chi connectivity index (χ2n) is 5.28. The van der Waals surface area contributed by atoms with Crippen molar-refractivity contribution in [1.82, 2.24) is 14.7 Å². The predicted molar refractivity (Wildman–Crippen MR) is 85.5 cm³/mol. The van der Waals surface area contributed by atoms with Gasteiger partial charge in [-0.2, -0.15) is 5.10 Å². The van der Waals surface area contributed by atoms with Crippen molar-refractivity contribution < 1.29 is 9.90 Å². The zero-order chi connectivity index (χ0) is 16.1. The van der Waals surface area contributed by atoms with E-state index in [1.807, 2.05) is 44.3 Å². The van der Waals surface area contributed by atoms with Gasteiger partial charge in [0.15, 0.2) is 0 Å². The fraction of sp³-hybridized carbons (Fsp3) is 0.375. The largest absolute Gasteiger partial charge is 0.387 e. The molecular weight excluding hydrogens is 302 g/mol. The first kappa shape index (κ1) is 16.5. The molecule has 1 amide bonds. The molecule has 2 rings (SSSR count). The van der Waals surface area contributed by atoms with Crippen LogP contribution in [0.5, 0.6) is 0 Å². The molecule has 0 aliphatic rings. The summed E-state index contributed by atoms with van der Waals surface area (Å²) in [5.41, 5.74) is 2.79. The van der Waals surface area contributed by atoms with Crippen LogP contribution in [0.15, 0.2) is 36.5 Å². The van der Waals surface area contributed by atoms with E-state index >= 15 is 0 Å². The molecule has 0 bridgehead atoms. The Morgan fingerprint density at radius 1 is 1.36 bits per heavy atom. The molecule has 1 unspecified atom stereocenters. The Morgan fingerprint density at radius 3 is 2.59 bits per heavy atom. The zero-order valence-corrected chi connectivity index (χ0v) is 13.5. The van der Waals surface area contributed by atoms with E-state index in [-0.39, 0.29) is 18.3 Å². The number of aliphatic hydroxyl groups is 1. The molecule has 118 valence electrons. The quantitative estimate of drug-likeness (QED) is 0.828. The molecule has 1 aromatic heterocycles. The Morgan fingerprint density at radius 2 is 2.05 bits per heavy atom. The molecule has 0 saturated heterocycles. The van der Waals surface area contributed by atoms with E-state index < -0.39 is 6.10 Å². The van der Waals surface area contributed by atoms with Crippen LogP contribution in [0.3, 0.4) is 0 Å². The molecule has 5 nitrogen and oxygen atoms in total. The van der Waals surface area contributed by atoms with Gasteiger partial charge in [0.05, 0.1) is 24.9 Å². The Hall–Kier alpha value is -1.85. The summed E-state index contributed by atoms with van der Waals surface area (Å²) in [4.78, 5) is 13.6. The molecule has 6 heteroatoms. The van der Waals surface area contributed by atoms with E-state index in [4.69, 9.17) is 11.6 Å². The number of aryl methyl sites for hydroxylation is 2. The second kappa shape index (κ2) is 7.42. The molecule has 1 aromatic carbocycles. The maximum absolute atomic E-state index is 12.0. The van der Waals surface area contributed by atoms with Crippen LogP contribution in [-0.2, 0) is 18.4 Å². The van der Waals surface area contributed by atoms with Crippen LogP contribution in [0.25, 0.3) is 0 Å². The van der Waals surface area contributed by atoms with Gasteiger partial charge in [-0.15, -0.1) is 11.6 Å². The minimum atomic E-state index is -0.749. The highest BCUT2D eigenvalue weighted by molar-refractivity contribution is 6.27. The summed E-state index contributed by atoms with van der Waals surface area (Å²) in [6, 6.07) is 9.45. The van der Waals surface area contributed by atoms with Crippen LogP contribution < -0.4 is 0 Å². The Labute approximate surface area is 135 Å². The van der Waals surface area contributed by atoms with Crippen molar-refractivity contribution in [3.63, 3.8) is 0 Å². The van der Waals surface area contributed by atoms with Crippen molar-refractivity contribution in [1.29, 1.82) is 0 Å². The van der Waals surface area contributed by atoms with Crippen molar-refractivity contribution in [3.05, 3.63) is 53.3 Å². The molecule has 0 fully saturated rings. The summed E-state index contributed by atoms with van der Waals surface area (Å²) < 4.78 is 1.70. The smallest absolute Gasteiger partial charge is 0.237 e. The van der Waals surface area contributed by atoms with Crippen LogP contribution in [0.2, 0.25) is 0 Å². The monoisotopic (exact) mass is 321 g/mol. The Kier molecular flexibility index (Phi) is 5.57. The summed E-state index contributed by atoms with van der Waals surface area (Å²) in [6.07, 6.45) is 0.927. The minimum Gasteiger partial charge on any atom is -0.387 e. The molecule has 0 saturated carbocycles. The fourth-order valence-electron chi connectivity index (χ4n) is 2.19. The van der Waals surface area contributed by atoms with Crippen molar-refractivity contribution in [3.8, 4) is 0 Å². The third-order valence-electron chi connectivity index (χ3n) is 3.60. The first-order chi connectivity index (χ1) is 10.5. The van der Waals surface area contributed by atoms with Crippen molar-refractivity contribution in [2.24, 2.45) is 7.05 Å². The molecule has 22 heavy (non-hydrogen) atoms. The number of halogens is 1. The number of nitrogens with zero attached hydrogens (tertiary/aromatic N) is 3. The van der Waals surface area contributed by atoms with Gasteiger partial charge in [0.1, 0.15) is 5.88 Å². The minimum absolute atomic E-state index is 0.113. The van der Waals surface area contributed by atoms with E-state index in [0.717, 1.165) is 16.8 Å². The highest BCUT2D eigenvalue weighted by Gasteiger charge is 2.19. The van der Waals surface area contributed by atoms with E-state index in [0.29, 0.717) is 6.54 Å². The lowest BCUT2D eigenvalue weighted by atomic mass is 10.1. The SMILES string of the molecule is Cc1ccc(C(O)CN(Cc2ccnn2C)C(=O)CCl)cc1. The number of carbonyl (C=O) groups is 1. The standard InChI is InChI=1S/C16H20ClN3O2/c1-12-3-5-13(6-4-12)15(21)11-20(16(22)9-17)10-14-7-8-18-19(14)2/h3-8,15,21H,9-11H2,1-2H3. The number of aromatic nitrogens is 2. The van der Waals surface area contributed by atoms with Gasteiger partial charge in [-0.25, -0.2) is 0 Å². The number of aliphatic hydroxyl groups excluding tert-OH is 1. The summed E-state index contributed by atoms with van der Waals surface area (Å²) >= 11 is 5.68.